The highest BCUT2D eigenvalue weighted by Crippen LogP contribution is 2.35. The van der Waals surface area contributed by atoms with Crippen LogP contribution in [0, 0.1) is 17.7 Å². The van der Waals surface area contributed by atoms with Crippen LogP contribution >= 0.6 is 0 Å². The number of likely N-dealkylation sites (N-methyl/N-ethyl adjacent to an activating group) is 1. The maximum Gasteiger partial charge on any atom is 0.123 e. The van der Waals surface area contributed by atoms with Gasteiger partial charge in [0.25, 0.3) is 0 Å². The Kier molecular flexibility index (Phi) is 6.03. The third-order valence-corrected chi connectivity index (χ3v) is 4.84. The molecule has 1 aliphatic carbocycles. The lowest BCUT2D eigenvalue weighted by Gasteiger charge is -2.37. The van der Waals surface area contributed by atoms with Crippen molar-refractivity contribution >= 4 is 0 Å². The second kappa shape index (κ2) is 7.78. The number of nitrogens with one attached hydrogen (secondary N) is 1. The zero-order valence-electron chi connectivity index (χ0n) is 12.9. The lowest BCUT2D eigenvalue weighted by Crippen LogP contribution is -2.42. The Bertz CT molecular complexity index is 387. The Hall–Kier alpha value is -0.890. The molecule has 1 aromatic rings. The molecular weight excluding hydrogens is 249 g/mol. The van der Waals surface area contributed by atoms with Crippen LogP contribution in [0.5, 0.6) is 0 Å². The van der Waals surface area contributed by atoms with Crippen LogP contribution in [0.15, 0.2) is 24.3 Å². The van der Waals surface area contributed by atoms with E-state index in [0.29, 0.717) is 6.04 Å². The number of halogens is 1. The molecule has 20 heavy (non-hydrogen) atoms. The highest BCUT2D eigenvalue weighted by atomic mass is 19.1. The first-order chi connectivity index (χ1) is 9.74. The minimum Gasteiger partial charge on any atom is -0.314 e. The number of hydrogen-bond donors (Lipinski definition) is 1. The fourth-order valence-corrected chi connectivity index (χ4v) is 3.78. The van der Waals surface area contributed by atoms with Gasteiger partial charge in [-0.05, 0) is 48.9 Å². The van der Waals surface area contributed by atoms with E-state index in [1.807, 2.05) is 12.1 Å². The molecule has 0 radical (unpaired) electrons. The average molecular weight is 277 g/mol. The molecule has 1 aromatic carbocycles. The summed E-state index contributed by atoms with van der Waals surface area (Å²) in [7, 11) is 0. The maximum absolute atomic E-state index is 13.0. The van der Waals surface area contributed by atoms with Crippen LogP contribution in [0.2, 0.25) is 0 Å². The normalized spacial score (nSPS) is 24.6. The zero-order valence-corrected chi connectivity index (χ0v) is 12.9. The standard InChI is InChI=1S/C18H28FN/c1-3-15-7-5-6-8-17(15)18(20-4-2)13-14-9-11-16(19)12-10-14/h9-12,15,17-18,20H,3-8,13H2,1-2H3. The summed E-state index contributed by atoms with van der Waals surface area (Å²) >= 11 is 0. The summed E-state index contributed by atoms with van der Waals surface area (Å²) in [6, 6.07) is 7.57. The van der Waals surface area contributed by atoms with Crippen LogP contribution < -0.4 is 5.32 Å². The summed E-state index contributed by atoms with van der Waals surface area (Å²) in [5, 5.41) is 3.69. The molecule has 0 spiro atoms. The van der Waals surface area contributed by atoms with Gasteiger partial charge in [0.2, 0.25) is 0 Å². The largest absolute Gasteiger partial charge is 0.314 e. The van der Waals surface area contributed by atoms with E-state index in [1.54, 1.807) is 12.1 Å². The first-order valence-corrected chi connectivity index (χ1v) is 8.22. The summed E-state index contributed by atoms with van der Waals surface area (Å²) in [4.78, 5) is 0. The van der Waals surface area contributed by atoms with Crippen molar-refractivity contribution in [3.63, 3.8) is 0 Å². The molecule has 0 heterocycles. The van der Waals surface area contributed by atoms with Gasteiger partial charge in [-0.25, -0.2) is 4.39 Å². The van der Waals surface area contributed by atoms with Crippen molar-refractivity contribution in [2.75, 3.05) is 6.54 Å². The molecular formula is C18H28FN. The van der Waals surface area contributed by atoms with Crippen LogP contribution in [0.1, 0.15) is 51.5 Å². The van der Waals surface area contributed by atoms with Gasteiger partial charge in [-0.3, -0.25) is 0 Å². The molecule has 112 valence electrons. The van der Waals surface area contributed by atoms with Gasteiger partial charge in [-0.1, -0.05) is 51.7 Å². The van der Waals surface area contributed by atoms with Crippen molar-refractivity contribution in [1.82, 2.24) is 5.32 Å². The first kappa shape index (κ1) is 15.5. The van der Waals surface area contributed by atoms with Gasteiger partial charge in [0.1, 0.15) is 5.82 Å². The van der Waals surface area contributed by atoms with Crippen LogP contribution in [0.3, 0.4) is 0 Å². The monoisotopic (exact) mass is 277 g/mol. The molecule has 1 N–H and O–H groups in total. The molecule has 0 aromatic heterocycles. The number of hydrogen-bond acceptors (Lipinski definition) is 1. The van der Waals surface area contributed by atoms with Crippen molar-refractivity contribution in [1.29, 1.82) is 0 Å². The SMILES string of the molecule is CCNC(Cc1ccc(F)cc1)C1CCCCC1CC. The molecule has 0 aliphatic heterocycles. The lowest BCUT2D eigenvalue weighted by molar-refractivity contribution is 0.175. The summed E-state index contributed by atoms with van der Waals surface area (Å²) < 4.78 is 13.0. The van der Waals surface area contributed by atoms with Gasteiger partial charge >= 0.3 is 0 Å². The van der Waals surface area contributed by atoms with E-state index in [0.717, 1.165) is 24.8 Å². The van der Waals surface area contributed by atoms with E-state index in [2.05, 4.69) is 19.2 Å². The maximum atomic E-state index is 13.0. The molecule has 0 amide bonds. The van der Waals surface area contributed by atoms with Gasteiger partial charge in [0.15, 0.2) is 0 Å². The molecule has 3 unspecified atom stereocenters. The zero-order chi connectivity index (χ0) is 14.4. The van der Waals surface area contributed by atoms with E-state index in [-0.39, 0.29) is 5.82 Å². The summed E-state index contributed by atoms with van der Waals surface area (Å²) in [5.41, 5.74) is 1.25. The average Bonchev–Trinajstić information content (AvgIpc) is 2.49. The molecule has 2 heteroatoms. The molecule has 1 fully saturated rings. The summed E-state index contributed by atoms with van der Waals surface area (Å²) in [6.45, 7) is 5.52. The predicted molar refractivity (Wildman–Crippen MR) is 83.3 cm³/mol. The van der Waals surface area contributed by atoms with Crippen LogP contribution in [0.4, 0.5) is 4.39 Å². The Balaban J connectivity index is 2.06. The molecule has 0 bridgehead atoms. The van der Waals surface area contributed by atoms with Crippen LogP contribution in [0.25, 0.3) is 0 Å². The Morgan fingerprint density at radius 3 is 2.50 bits per heavy atom. The second-order valence-electron chi connectivity index (χ2n) is 6.11. The van der Waals surface area contributed by atoms with Crippen molar-refractivity contribution < 1.29 is 4.39 Å². The van der Waals surface area contributed by atoms with E-state index in [9.17, 15) is 4.39 Å². The predicted octanol–water partition coefficient (Wildman–Crippen LogP) is 4.56. The molecule has 1 saturated carbocycles. The van der Waals surface area contributed by atoms with Gasteiger partial charge < -0.3 is 5.32 Å². The Labute approximate surface area is 123 Å². The fraction of sp³-hybridized carbons (Fsp3) is 0.667. The van der Waals surface area contributed by atoms with Crippen molar-refractivity contribution in [2.45, 2.75) is 58.4 Å². The Morgan fingerprint density at radius 2 is 1.85 bits per heavy atom. The fourth-order valence-electron chi connectivity index (χ4n) is 3.78. The van der Waals surface area contributed by atoms with Gasteiger partial charge in [0.05, 0.1) is 0 Å². The smallest absolute Gasteiger partial charge is 0.123 e. The molecule has 2 rings (SSSR count). The lowest BCUT2D eigenvalue weighted by atomic mass is 9.72. The van der Waals surface area contributed by atoms with E-state index in [4.69, 9.17) is 0 Å². The van der Waals surface area contributed by atoms with Crippen LogP contribution in [-0.2, 0) is 6.42 Å². The molecule has 1 aliphatic rings. The van der Waals surface area contributed by atoms with Crippen LogP contribution in [-0.4, -0.2) is 12.6 Å². The van der Waals surface area contributed by atoms with E-state index >= 15 is 0 Å². The van der Waals surface area contributed by atoms with Crippen molar-refractivity contribution in [3.05, 3.63) is 35.6 Å². The third kappa shape index (κ3) is 4.05. The number of benzene rings is 1. The Morgan fingerprint density at radius 1 is 1.15 bits per heavy atom. The minimum atomic E-state index is -0.141. The van der Waals surface area contributed by atoms with Gasteiger partial charge in [0, 0.05) is 6.04 Å². The third-order valence-electron chi connectivity index (χ3n) is 4.84. The minimum absolute atomic E-state index is 0.141. The van der Waals surface area contributed by atoms with Gasteiger partial charge in [-0.2, -0.15) is 0 Å². The highest BCUT2D eigenvalue weighted by molar-refractivity contribution is 5.17. The molecule has 1 nitrogen and oxygen atoms in total. The van der Waals surface area contributed by atoms with Crippen molar-refractivity contribution in [2.24, 2.45) is 11.8 Å². The van der Waals surface area contributed by atoms with E-state index in [1.165, 1.54) is 37.7 Å². The second-order valence-corrected chi connectivity index (χ2v) is 6.11. The van der Waals surface area contributed by atoms with E-state index < -0.39 is 0 Å². The summed E-state index contributed by atoms with van der Waals surface area (Å²) in [5.74, 6) is 1.49. The highest BCUT2D eigenvalue weighted by Gasteiger charge is 2.30. The van der Waals surface area contributed by atoms with Gasteiger partial charge in [-0.15, -0.1) is 0 Å². The summed E-state index contributed by atoms with van der Waals surface area (Å²) in [6.07, 6.45) is 7.80. The van der Waals surface area contributed by atoms with Crippen molar-refractivity contribution in [3.8, 4) is 0 Å². The quantitative estimate of drug-likeness (QED) is 0.803. The first-order valence-electron chi connectivity index (χ1n) is 8.22. The number of rotatable bonds is 6. The topological polar surface area (TPSA) is 12.0 Å². The molecule has 0 saturated heterocycles. The molecule has 3 atom stereocenters.